The molecule has 4 heteroatoms. The third-order valence-corrected chi connectivity index (χ3v) is 3.15. The van der Waals surface area contributed by atoms with E-state index in [-0.39, 0.29) is 18.1 Å². The Morgan fingerprint density at radius 2 is 2.29 bits per heavy atom. The van der Waals surface area contributed by atoms with E-state index in [4.69, 9.17) is 4.74 Å². The fourth-order valence-corrected chi connectivity index (χ4v) is 2.05. The van der Waals surface area contributed by atoms with Crippen LogP contribution in [-0.4, -0.2) is 49.7 Å². The van der Waals surface area contributed by atoms with Gasteiger partial charge in [-0.05, 0) is 25.8 Å². The number of amides is 1. The highest BCUT2D eigenvalue weighted by Crippen LogP contribution is 2.15. The minimum Gasteiger partial charge on any atom is -0.380 e. The Balaban J connectivity index is 1.86. The zero-order valence-corrected chi connectivity index (χ0v) is 8.66. The van der Waals surface area contributed by atoms with E-state index in [9.17, 15) is 4.79 Å². The third-order valence-electron chi connectivity index (χ3n) is 3.15. The van der Waals surface area contributed by atoms with Gasteiger partial charge in [0, 0.05) is 20.2 Å². The monoisotopic (exact) mass is 198 g/mol. The second-order valence-corrected chi connectivity index (χ2v) is 4.08. The number of rotatable bonds is 2. The van der Waals surface area contributed by atoms with Crippen molar-refractivity contribution in [3.63, 3.8) is 0 Å². The number of hydrogen-bond donors (Lipinski definition) is 1. The SMILES string of the molecule is COC1CCCN(C(=O)[C@H]2CCN2)C1. The van der Waals surface area contributed by atoms with Gasteiger partial charge >= 0.3 is 0 Å². The van der Waals surface area contributed by atoms with E-state index in [2.05, 4.69) is 5.32 Å². The zero-order chi connectivity index (χ0) is 9.97. The average molecular weight is 198 g/mol. The Hall–Kier alpha value is -0.610. The molecular weight excluding hydrogens is 180 g/mol. The number of methoxy groups -OCH3 is 1. The molecule has 2 atom stereocenters. The first-order chi connectivity index (χ1) is 6.81. The first-order valence-electron chi connectivity index (χ1n) is 5.36. The zero-order valence-electron chi connectivity index (χ0n) is 8.66. The van der Waals surface area contributed by atoms with E-state index in [0.717, 1.165) is 38.9 Å². The van der Waals surface area contributed by atoms with Crippen molar-refractivity contribution in [1.29, 1.82) is 0 Å². The number of carbonyl (C=O) groups excluding carboxylic acids is 1. The molecule has 2 fully saturated rings. The van der Waals surface area contributed by atoms with Gasteiger partial charge in [-0.1, -0.05) is 0 Å². The lowest BCUT2D eigenvalue weighted by Gasteiger charge is -2.37. The number of ether oxygens (including phenoxy) is 1. The molecule has 0 aromatic carbocycles. The molecule has 14 heavy (non-hydrogen) atoms. The number of nitrogens with zero attached hydrogens (tertiary/aromatic N) is 1. The summed E-state index contributed by atoms with van der Waals surface area (Å²) in [6, 6.07) is 0.0885. The van der Waals surface area contributed by atoms with Gasteiger partial charge < -0.3 is 15.0 Å². The molecular formula is C10H18N2O2. The van der Waals surface area contributed by atoms with Crippen LogP contribution < -0.4 is 5.32 Å². The standard InChI is InChI=1S/C10H18N2O2/c1-14-8-3-2-6-12(7-8)10(13)9-4-5-11-9/h8-9,11H,2-7H2,1H3/t8?,9-/m1/s1. The minimum absolute atomic E-state index is 0.0885. The number of hydrogen-bond acceptors (Lipinski definition) is 3. The molecule has 0 spiro atoms. The summed E-state index contributed by atoms with van der Waals surface area (Å²) in [6.07, 6.45) is 3.38. The topological polar surface area (TPSA) is 41.6 Å². The number of carbonyl (C=O) groups is 1. The maximum atomic E-state index is 11.8. The van der Waals surface area contributed by atoms with Crippen LogP contribution in [0.3, 0.4) is 0 Å². The number of likely N-dealkylation sites (tertiary alicyclic amines) is 1. The van der Waals surface area contributed by atoms with E-state index in [1.807, 2.05) is 4.90 Å². The summed E-state index contributed by atoms with van der Waals surface area (Å²) >= 11 is 0. The summed E-state index contributed by atoms with van der Waals surface area (Å²) in [7, 11) is 1.72. The smallest absolute Gasteiger partial charge is 0.239 e. The molecule has 4 nitrogen and oxygen atoms in total. The maximum absolute atomic E-state index is 11.8. The van der Waals surface area contributed by atoms with Gasteiger partial charge in [0.05, 0.1) is 12.1 Å². The Kier molecular flexibility index (Phi) is 3.03. The maximum Gasteiger partial charge on any atom is 0.239 e. The number of piperidine rings is 1. The van der Waals surface area contributed by atoms with Gasteiger partial charge in [-0.2, -0.15) is 0 Å². The summed E-state index contributed by atoms with van der Waals surface area (Å²) in [4.78, 5) is 13.8. The van der Waals surface area contributed by atoms with E-state index in [1.165, 1.54) is 0 Å². The first-order valence-corrected chi connectivity index (χ1v) is 5.36. The molecule has 1 unspecified atom stereocenters. The lowest BCUT2D eigenvalue weighted by Crippen LogP contribution is -2.56. The summed E-state index contributed by atoms with van der Waals surface area (Å²) in [6.45, 7) is 2.66. The van der Waals surface area contributed by atoms with E-state index < -0.39 is 0 Å². The van der Waals surface area contributed by atoms with Crippen LogP contribution >= 0.6 is 0 Å². The van der Waals surface area contributed by atoms with Gasteiger partial charge in [0.15, 0.2) is 0 Å². The van der Waals surface area contributed by atoms with Crippen molar-refractivity contribution in [2.45, 2.75) is 31.4 Å². The summed E-state index contributed by atoms with van der Waals surface area (Å²) in [5, 5.41) is 3.14. The molecule has 0 aliphatic carbocycles. The molecule has 80 valence electrons. The van der Waals surface area contributed by atoms with Gasteiger partial charge in [0.2, 0.25) is 5.91 Å². The van der Waals surface area contributed by atoms with Crippen molar-refractivity contribution in [2.75, 3.05) is 26.7 Å². The fraction of sp³-hybridized carbons (Fsp3) is 0.900. The predicted molar refractivity (Wildman–Crippen MR) is 53.0 cm³/mol. The molecule has 0 aromatic heterocycles. The van der Waals surface area contributed by atoms with Crippen molar-refractivity contribution in [3.8, 4) is 0 Å². The minimum atomic E-state index is 0.0885. The summed E-state index contributed by atoms with van der Waals surface area (Å²) in [5.74, 6) is 0.262. The van der Waals surface area contributed by atoms with Crippen LogP contribution in [0.2, 0.25) is 0 Å². The summed E-state index contributed by atoms with van der Waals surface area (Å²) < 4.78 is 5.29. The molecule has 0 radical (unpaired) electrons. The second kappa shape index (κ2) is 4.28. The molecule has 2 aliphatic rings. The molecule has 1 amide bonds. The Morgan fingerprint density at radius 1 is 1.50 bits per heavy atom. The van der Waals surface area contributed by atoms with Crippen LogP contribution in [0.1, 0.15) is 19.3 Å². The highest BCUT2D eigenvalue weighted by atomic mass is 16.5. The quantitative estimate of drug-likeness (QED) is 0.678. The van der Waals surface area contributed by atoms with Gasteiger partial charge in [-0.25, -0.2) is 0 Å². The first kappa shape index (κ1) is 9.93. The summed E-state index contributed by atoms with van der Waals surface area (Å²) in [5.41, 5.74) is 0. The van der Waals surface area contributed by atoms with Crippen LogP contribution in [0, 0.1) is 0 Å². The lowest BCUT2D eigenvalue weighted by molar-refractivity contribution is -0.138. The predicted octanol–water partition coefficient (Wildman–Crippen LogP) is -0.0143. The van der Waals surface area contributed by atoms with Crippen molar-refractivity contribution in [2.24, 2.45) is 0 Å². The number of nitrogens with one attached hydrogen (secondary N) is 1. The molecule has 2 rings (SSSR count). The Labute approximate surface area is 84.6 Å². The van der Waals surface area contributed by atoms with Crippen molar-refractivity contribution < 1.29 is 9.53 Å². The third kappa shape index (κ3) is 1.91. The fourth-order valence-electron chi connectivity index (χ4n) is 2.05. The van der Waals surface area contributed by atoms with Crippen LogP contribution in [0.5, 0.6) is 0 Å². The van der Waals surface area contributed by atoms with E-state index >= 15 is 0 Å². The van der Waals surface area contributed by atoms with Gasteiger partial charge in [0.25, 0.3) is 0 Å². The Morgan fingerprint density at radius 3 is 2.86 bits per heavy atom. The molecule has 2 saturated heterocycles. The van der Waals surface area contributed by atoms with Crippen LogP contribution in [-0.2, 0) is 9.53 Å². The van der Waals surface area contributed by atoms with Gasteiger partial charge in [0.1, 0.15) is 0 Å². The van der Waals surface area contributed by atoms with E-state index in [0.29, 0.717) is 0 Å². The van der Waals surface area contributed by atoms with Gasteiger partial charge in [-0.15, -0.1) is 0 Å². The average Bonchev–Trinajstić information content (AvgIpc) is 2.15. The Bertz CT molecular complexity index is 216. The molecule has 0 aromatic rings. The lowest BCUT2D eigenvalue weighted by atomic mass is 10.0. The second-order valence-electron chi connectivity index (χ2n) is 4.08. The van der Waals surface area contributed by atoms with Crippen LogP contribution in [0.15, 0.2) is 0 Å². The highest BCUT2D eigenvalue weighted by Gasteiger charge is 2.31. The van der Waals surface area contributed by atoms with Crippen molar-refractivity contribution in [3.05, 3.63) is 0 Å². The molecule has 0 bridgehead atoms. The van der Waals surface area contributed by atoms with Crippen LogP contribution in [0.25, 0.3) is 0 Å². The normalized spacial score (nSPS) is 32.5. The molecule has 2 heterocycles. The van der Waals surface area contributed by atoms with E-state index in [1.54, 1.807) is 7.11 Å². The van der Waals surface area contributed by atoms with Crippen molar-refractivity contribution >= 4 is 5.91 Å². The molecule has 1 N–H and O–H groups in total. The largest absolute Gasteiger partial charge is 0.380 e. The van der Waals surface area contributed by atoms with Crippen LogP contribution in [0.4, 0.5) is 0 Å². The molecule has 0 saturated carbocycles. The van der Waals surface area contributed by atoms with Crippen molar-refractivity contribution in [1.82, 2.24) is 10.2 Å². The highest BCUT2D eigenvalue weighted by molar-refractivity contribution is 5.82. The van der Waals surface area contributed by atoms with Gasteiger partial charge in [-0.3, -0.25) is 4.79 Å². The molecule has 2 aliphatic heterocycles.